The van der Waals surface area contributed by atoms with Crippen LogP contribution < -0.4 is 9.47 Å². The van der Waals surface area contributed by atoms with Gasteiger partial charge in [0.05, 0.1) is 19.9 Å². The first kappa shape index (κ1) is 15.9. The van der Waals surface area contributed by atoms with Crippen LogP contribution in [0.4, 0.5) is 5.69 Å². The van der Waals surface area contributed by atoms with E-state index in [4.69, 9.17) is 9.47 Å². The molecule has 22 heavy (non-hydrogen) atoms. The van der Waals surface area contributed by atoms with E-state index in [1.165, 1.54) is 19.8 Å². The van der Waals surface area contributed by atoms with Gasteiger partial charge in [-0.2, -0.15) is 0 Å². The molecule has 0 unspecified atom stereocenters. The van der Waals surface area contributed by atoms with Gasteiger partial charge in [0.1, 0.15) is 0 Å². The maximum absolute atomic E-state index is 9.89. The van der Waals surface area contributed by atoms with Gasteiger partial charge in [-0.25, -0.2) is 0 Å². The molecule has 4 heteroatoms. The predicted molar refractivity (Wildman–Crippen MR) is 89.0 cm³/mol. The molecule has 0 saturated heterocycles. The Labute approximate surface area is 131 Å². The molecule has 2 rings (SSSR count). The molecule has 0 bridgehead atoms. The van der Waals surface area contributed by atoms with Gasteiger partial charge in [-0.3, -0.25) is 4.99 Å². The fourth-order valence-corrected chi connectivity index (χ4v) is 2.08. The van der Waals surface area contributed by atoms with Gasteiger partial charge >= 0.3 is 0 Å². The first-order valence-corrected chi connectivity index (χ1v) is 7.14. The van der Waals surface area contributed by atoms with Crippen molar-refractivity contribution in [3.05, 3.63) is 47.5 Å². The number of phenols is 1. The molecule has 0 saturated carbocycles. The molecule has 0 atom stereocenters. The number of rotatable bonds is 5. The number of aromatic hydroxyl groups is 1. The van der Waals surface area contributed by atoms with Crippen LogP contribution in [0.3, 0.4) is 0 Å². The summed E-state index contributed by atoms with van der Waals surface area (Å²) in [6, 6.07) is 11.6. The number of methoxy groups -OCH3 is 2. The minimum absolute atomic E-state index is 0.0107. The largest absolute Gasteiger partial charge is 0.502 e. The van der Waals surface area contributed by atoms with Gasteiger partial charge in [-0.05, 0) is 35.7 Å². The molecule has 2 aromatic carbocycles. The van der Waals surface area contributed by atoms with Crippen LogP contribution in [0.15, 0.2) is 41.4 Å². The highest BCUT2D eigenvalue weighted by Gasteiger charge is 2.10. The lowest BCUT2D eigenvalue weighted by Gasteiger charge is -2.09. The van der Waals surface area contributed by atoms with Crippen molar-refractivity contribution >= 4 is 11.9 Å². The van der Waals surface area contributed by atoms with Gasteiger partial charge < -0.3 is 14.6 Å². The molecule has 1 N–H and O–H groups in total. The van der Waals surface area contributed by atoms with E-state index in [1.807, 2.05) is 12.1 Å². The van der Waals surface area contributed by atoms with Crippen molar-refractivity contribution in [1.82, 2.24) is 0 Å². The maximum atomic E-state index is 9.89. The lowest BCUT2D eigenvalue weighted by atomic mass is 10.0. The summed E-state index contributed by atoms with van der Waals surface area (Å²) >= 11 is 0. The Morgan fingerprint density at radius 1 is 1.00 bits per heavy atom. The first-order valence-electron chi connectivity index (χ1n) is 7.14. The molecular weight excluding hydrogens is 278 g/mol. The summed E-state index contributed by atoms with van der Waals surface area (Å²) in [5.41, 5.74) is 2.95. The van der Waals surface area contributed by atoms with Gasteiger partial charge in [0.2, 0.25) is 5.75 Å². The summed E-state index contributed by atoms with van der Waals surface area (Å²) in [6.07, 6.45) is 1.72. The number of hydrogen-bond donors (Lipinski definition) is 1. The summed E-state index contributed by atoms with van der Waals surface area (Å²) in [5, 5.41) is 9.89. The van der Waals surface area contributed by atoms with E-state index < -0.39 is 0 Å². The van der Waals surface area contributed by atoms with E-state index in [1.54, 1.807) is 18.3 Å². The van der Waals surface area contributed by atoms with Gasteiger partial charge in [0.15, 0.2) is 11.5 Å². The average molecular weight is 299 g/mol. The topological polar surface area (TPSA) is 51.0 Å². The zero-order valence-electron chi connectivity index (χ0n) is 13.3. The Morgan fingerprint density at radius 2 is 1.55 bits per heavy atom. The van der Waals surface area contributed by atoms with Gasteiger partial charge in [0, 0.05) is 11.8 Å². The third-order valence-corrected chi connectivity index (χ3v) is 3.42. The summed E-state index contributed by atoms with van der Waals surface area (Å²) in [4.78, 5) is 4.44. The van der Waals surface area contributed by atoms with Gasteiger partial charge in [-0.1, -0.05) is 26.0 Å². The number of hydrogen-bond acceptors (Lipinski definition) is 4. The molecule has 0 amide bonds. The molecular formula is C18H21NO3. The SMILES string of the molecule is COc1cc(C=Nc2ccc(C(C)C)cc2)cc(OC)c1O. The van der Waals surface area contributed by atoms with Crippen molar-refractivity contribution in [2.24, 2.45) is 4.99 Å². The number of aliphatic imine (C=N–C) groups is 1. The summed E-state index contributed by atoms with van der Waals surface area (Å²) in [6.45, 7) is 4.32. The predicted octanol–water partition coefficient (Wildman–Crippen LogP) is 4.28. The molecule has 0 radical (unpaired) electrons. The fourth-order valence-electron chi connectivity index (χ4n) is 2.08. The first-order chi connectivity index (χ1) is 10.5. The molecule has 0 aromatic heterocycles. The highest BCUT2D eigenvalue weighted by atomic mass is 16.5. The molecule has 0 aliphatic carbocycles. The zero-order chi connectivity index (χ0) is 16.1. The van der Waals surface area contributed by atoms with Crippen LogP contribution in [-0.2, 0) is 0 Å². The smallest absolute Gasteiger partial charge is 0.200 e. The minimum atomic E-state index is -0.0107. The van der Waals surface area contributed by atoms with Gasteiger partial charge in [0.25, 0.3) is 0 Å². The summed E-state index contributed by atoms with van der Waals surface area (Å²) in [7, 11) is 3.00. The molecule has 116 valence electrons. The van der Waals surface area contributed by atoms with E-state index in [2.05, 4.69) is 31.0 Å². The minimum Gasteiger partial charge on any atom is -0.502 e. The highest BCUT2D eigenvalue weighted by molar-refractivity contribution is 5.84. The number of benzene rings is 2. The Balaban J connectivity index is 2.25. The van der Waals surface area contributed by atoms with E-state index in [9.17, 15) is 5.11 Å². The van der Waals surface area contributed by atoms with E-state index in [0.29, 0.717) is 17.4 Å². The van der Waals surface area contributed by atoms with Crippen molar-refractivity contribution in [3.8, 4) is 17.2 Å². The molecule has 0 aliphatic heterocycles. The average Bonchev–Trinajstić information content (AvgIpc) is 2.54. The molecule has 0 aliphatic rings. The lowest BCUT2D eigenvalue weighted by Crippen LogP contribution is -1.92. The number of nitrogens with zero attached hydrogens (tertiary/aromatic N) is 1. The fraction of sp³-hybridized carbons (Fsp3) is 0.278. The van der Waals surface area contributed by atoms with Crippen LogP contribution in [0.5, 0.6) is 17.2 Å². The Hall–Kier alpha value is -2.49. The van der Waals surface area contributed by atoms with Crippen LogP contribution in [0.1, 0.15) is 30.9 Å². The van der Waals surface area contributed by atoms with Crippen LogP contribution in [-0.4, -0.2) is 25.5 Å². The second-order valence-electron chi connectivity index (χ2n) is 5.28. The van der Waals surface area contributed by atoms with E-state index >= 15 is 0 Å². The Bertz CT molecular complexity index is 636. The zero-order valence-corrected chi connectivity index (χ0v) is 13.3. The van der Waals surface area contributed by atoms with Crippen LogP contribution in [0.25, 0.3) is 0 Å². The van der Waals surface area contributed by atoms with E-state index in [-0.39, 0.29) is 5.75 Å². The summed E-state index contributed by atoms with van der Waals surface area (Å²) in [5.74, 6) is 1.21. The summed E-state index contributed by atoms with van der Waals surface area (Å²) < 4.78 is 10.3. The quantitative estimate of drug-likeness (QED) is 0.838. The van der Waals surface area contributed by atoms with Crippen LogP contribution in [0.2, 0.25) is 0 Å². The van der Waals surface area contributed by atoms with Crippen molar-refractivity contribution in [3.63, 3.8) is 0 Å². The second kappa shape index (κ2) is 6.98. The standard InChI is InChI=1S/C18H21NO3/c1-12(2)14-5-7-15(8-6-14)19-11-13-9-16(21-3)18(20)17(10-13)22-4/h5-12,20H,1-4H3. The Kier molecular flexibility index (Phi) is 5.04. The van der Waals surface area contributed by atoms with Crippen molar-refractivity contribution in [2.75, 3.05) is 14.2 Å². The number of phenolic OH excluding ortho intramolecular Hbond substituents is 1. The lowest BCUT2D eigenvalue weighted by molar-refractivity contribution is 0.340. The molecule has 4 nitrogen and oxygen atoms in total. The highest BCUT2D eigenvalue weighted by Crippen LogP contribution is 2.36. The second-order valence-corrected chi connectivity index (χ2v) is 5.28. The van der Waals surface area contributed by atoms with E-state index in [0.717, 1.165) is 11.3 Å². The molecule has 2 aromatic rings. The number of ether oxygens (including phenoxy) is 2. The monoisotopic (exact) mass is 299 g/mol. The van der Waals surface area contributed by atoms with Crippen molar-refractivity contribution < 1.29 is 14.6 Å². The van der Waals surface area contributed by atoms with Crippen LogP contribution in [0, 0.1) is 0 Å². The normalized spacial score (nSPS) is 11.1. The molecule has 0 fully saturated rings. The third-order valence-electron chi connectivity index (χ3n) is 3.42. The third kappa shape index (κ3) is 3.58. The van der Waals surface area contributed by atoms with Gasteiger partial charge in [-0.15, -0.1) is 0 Å². The molecule has 0 heterocycles. The van der Waals surface area contributed by atoms with Crippen molar-refractivity contribution in [2.45, 2.75) is 19.8 Å². The Morgan fingerprint density at radius 3 is 2.00 bits per heavy atom. The maximum Gasteiger partial charge on any atom is 0.200 e. The van der Waals surface area contributed by atoms with Crippen molar-refractivity contribution in [1.29, 1.82) is 0 Å². The molecule has 0 spiro atoms. The van der Waals surface area contributed by atoms with Crippen LogP contribution >= 0.6 is 0 Å².